The van der Waals surface area contributed by atoms with Crippen LogP contribution >= 0.6 is 34.2 Å². The molecule has 0 saturated carbocycles. The molecule has 0 bridgehead atoms. The predicted octanol–water partition coefficient (Wildman–Crippen LogP) is 9.15. The summed E-state index contributed by atoms with van der Waals surface area (Å²) < 4.78 is 21.9. The van der Waals surface area contributed by atoms with Crippen molar-refractivity contribution in [3.05, 3.63) is 0 Å². The van der Waals surface area contributed by atoms with Crippen LogP contribution < -0.4 is 0 Å². The molecule has 0 aromatic heterocycles. The standard InChI is InChI=1S/C17H31ClO4.C17H31IO4/c2*1-4-7-12-17(15(19)21-5-2,16(20)22-6-3)13-10-8-9-11-14-18/h2*4-14H2,1-3H3. The normalized spacial score (nSPS) is 11.3. The van der Waals surface area contributed by atoms with E-state index in [4.69, 9.17) is 30.5 Å². The highest BCUT2D eigenvalue weighted by atomic mass is 127. The Morgan fingerprint density at radius 1 is 0.477 bits per heavy atom. The van der Waals surface area contributed by atoms with Gasteiger partial charge in [0.15, 0.2) is 10.8 Å². The first-order chi connectivity index (χ1) is 21.2. The molecule has 0 saturated heterocycles. The number of hydrogen-bond acceptors (Lipinski definition) is 8. The minimum atomic E-state index is -1.14. The number of halogens is 2. The largest absolute Gasteiger partial charge is 0.465 e. The molecule has 0 amide bonds. The fraction of sp³-hybridized carbons (Fsp3) is 0.882. The number of esters is 4. The Morgan fingerprint density at radius 2 is 0.773 bits per heavy atom. The van der Waals surface area contributed by atoms with Crippen molar-refractivity contribution in [3.8, 4) is 0 Å². The van der Waals surface area contributed by atoms with Crippen LogP contribution in [0.4, 0.5) is 0 Å². The van der Waals surface area contributed by atoms with Crippen LogP contribution in [0.3, 0.4) is 0 Å². The Labute approximate surface area is 286 Å². The van der Waals surface area contributed by atoms with Gasteiger partial charge in [0.05, 0.1) is 26.4 Å². The van der Waals surface area contributed by atoms with E-state index in [1.807, 2.05) is 6.92 Å². The highest BCUT2D eigenvalue weighted by Crippen LogP contribution is 2.36. The topological polar surface area (TPSA) is 105 Å². The van der Waals surface area contributed by atoms with Crippen molar-refractivity contribution in [2.75, 3.05) is 36.7 Å². The maximum Gasteiger partial charge on any atom is 0.323 e. The summed E-state index contributed by atoms with van der Waals surface area (Å²) in [4.78, 5) is 49.9. The van der Waals surface area contributed by atoms with Crippen LogP contribution in [0, 0.1) is 10.8 Å². The molecule has 0 radical (unpaired) electrons. The lowest BCUT2D eigenvalue weighted by Gasteiger charge is -2.29. The molecule has 0 spiro atoms. The molecule has 44 heavy (non-hydrogen) atoms. The Kier molecular flexibility index (Phi) is 30.0. The number of rotatable bonds is 26. The van der Waals surface area contributed by atoms with Gasteiger partial charge < -0.3 is 18.9 Å². The molecule has 0 aliphatic rings. The SMILES string of the molecule is CCCCC(CCCCCCCl)(C(=O)OCC)C(=O)OCC.CCCCC(CCCCCCI)(C(=O)OCC)C(=O)OCC. The lowest BCUT2D eigenvalue weighted by atomic mass is 9.78. The fourth-order valence-electron chi connectivity index (χ4n) is 5.02. The second-order valence-corrected chi connectivity index (χ2v) is 12.4. The van der Waals surface area contributed by atoms with Gasteiger partial charge in [-0.15, -0.1) is 11.6 Å². The third-order valence-corrected chi connectivity index (χ3v) is 8.58. The van der Waals surface area contributed by atoms with Gasteiger partial charge in [-0.25, -0.2) is 0 Å². The zero-order valence-corrected chi connectivity index (χ0v) is 31.5. The smallest absolute Gasteiger partial charge is 0.323 e. The van der Waals surface area contributed by atoms with Crippen molar-refractivity contribution in [2.24, 2.45) is 10.8 Å². The second kappa shape index (κ2) is 29.3. The quantitative estimate of drug-likeness (QED) is 0.0215. The molecule has 0 aromatic rings. The van der Waals surface area contributed by atoms with Crippen LogP contribution in [0.1, 0.15) is 144 Å². The monoisotopic (exact) mass is 760 g/mol. The van der Waals surface area contributed by atoms with E-state index in [9.17, 15) is 19.2 Å². The van der Waals surface area contributed by atoms with E-state index >= 15 is 0 Å². The first-order valence-electron chi connectivity index (χ1n) is 17.0. The zero-order chi connectivity index (χ0) is 33.7. The van der Waals surface area contributed by atoms with Gasteiger partial charge in [0.2, 0.25) is 0 Å². The number of unbranched alkanes of at least 4 members (excludes halogenated alkanes) is 8. The number of carbonyl (C=O) groups is 4. The first-order valence-corrected chi connectivity index (χ1v) is 19.0. The maximum absolute atomic E-state index is 12.5. The van der Waals surface area contributed by atoms with Crippen LogP contribution in [0.25, 0.3) is 0 Å². The average Bonchev–Trinajstić information content (AvgIpc) is 3.01. The minimum Gasteiger partial charge on any atom is -0.465 e. The molecule has 10 heteroatoms. The summed E-state index contributed by atoms with van der Waals surface area (Å²) in [6.45, 7) is 12.3. The summed E-state index contributed by atoms with van der Waals surface area (Å²) in [7, 11) is 0. The molecule has 8 nitrogen and oxygen atoms in total. The first kappa shape index (κ1) is 45.0. The Bertz CT molecular complexity index is 664. The van der Waals surface area contributed by atoms with Gasteiger partial charge in [-0.2, -0.15) is 0 Å². The maximum atomic E-state index is 12.5. The molecule has 0 aromatic carbocycles. The predicted molar refractivity (Wildman–Crippen MR) is 186 cm³/mol. The van der Waals surface area contributed by atoms with E-state index in [1.54, 1.807) is 27.7 Å². The third kappa shape index (κ3) is 17.6. The van der Waals surface area contributed by atoms with Gasteiger partial charge in [0.1, 0.15) is 0 Å². The Hall–Kier alpha value is -1.10. The minimum absolute atomic E-state index is 0.276. The van der Waals surface area contributed by atoms with E-state index in [0.717, 1.165) is 75.1 Å². The molecule has 0 unspecified atom stereocenters. The molecule has 0 heterocycles. The lowest BCUT2D eigenvalue weighted by molar-refractivity contribution is -0.175. The fourth-order valence-corrected chi connectivity index (χ4v) is 5.75. The van der Waals surface area contributed by atoms with E-state index in [0.29, 0.717) is 44.8 Å². The van der Waals surface area contributed by atoms with Crippen LogP contribution in [0.2, 0.25) is 0 Å². The van der Waals surface area contributed by atoms with E-state index in [1.165, 1.54) is 6.42 Å². The Morgan fingerprint density at radius 3 is 1.05 bits per heavy atom. The van der Waals surface area contributed by atoms with Gasteiger partial charge in [-0.1, -0.05) is 101 Å². The molecule has 0 fully saturated rings. The average molecular weight is 761 g/mol. The third-order valence-electron chi connectivity index (χ3n) is 7.55. The number of ether oxygens (including phenoxy) is 4. The highest BCUT2D eigenvalue weighted by molar-refractivity contribution is 14.1. The van der Waals surface area contributed by atoms with Crippen LogP contribution in [0.5, 0.6) is 0 Å². The molecule has 0 atom stereocenters. The summed E-state index contributed by atoms with van der Waals surface area (Å²) in [5.74, 6) is -1.03. The van der Waals surface area contributed by atoms with E-state index < -0.39 is 34.7 Å². The summed E-state index contributed by atoms with van der Waals surface area (Å²) in [6.07, 6.45) is 13.5. The second-order valence-electron chi connectivity index (χ2n) is 11.0. The molecular formula is C34H62ClIO8. The zero-order valence-electron chi connectivity index (χ0n) is 28.6. The Balaban J connectivity index is 0. The van der Waals surface area contributed by atoms with Crippen molar-refractivity contribution in [3.63, 3.8) is 0 Å². The van der Waals surface area contributed by atoms with Gasteiger partial charge in [0, 0.05) is 5.88 Å². The summed E-state index contributed by atoms with van der Waals surface area (Å²) in [5.41, 5.74) is -2.24. The molecule has 0 rings (SSSR count). The van der Waals surface area contributed by atoms with Crippen LogP contribution in [-0.2, 0) is 38.1 Å². The lowest BCUT2D eigenvalue weighted by Crippen LogP contribution is -2.42. The number of carbonyl (C=O) groups excluding carboxylic acids is 4. The van der Waals surface area contributed by atoms with E-state index in [-0.39, 0.29) is 13.2 Å². The molecule has 0 N–H and O–H groups in total. The van der Waals surface area contributed by atoms with Crippen molar-refractivity contribution in [1.82, 2.24) is 0 Å². The number of alkyl halides is 2. The van der Waals surface area contributed by atoms with Gasteiger partial charge in [-0.05, 0) is 70.6 Å². The van der Waals surface area contributed by atoms with Gasteiger partial charge >= 0.3 is 23.9 Å². The van der Waals surface area contributed by atoms with Crippen molar-refractivity contribution < 1.29 is 38.1 Å². The van der Waals surface area contributed by atoms with Crippen molar-refractivity contribution in [2.45, 2.75) is 144 Å². The summed E-state index contributed by atoms with van der Waals surface area (Å²) in [5, 5.41) is 0. The van der Waals surface area contributed by atoms with E-state index in [2.05, 4.69) is 29.5 Å². The van der Waals surface area contributed by atoms with Gasteiger partial charge in [0.25, 0.3) is 0 Å². The molecular weight excluding hydrogens is 699 g/mol. The molecule has 260 valence electrons. The molecule has 0 aliphatic heterocycles. The van der Waals surface area contributed by atoms with Crippen LogP contribution in [-0.4, -0.2) is 60.6 Å². The summed E-state index contributed by atoms with van der Waals surface area (Å²) >= 11 is 8.04. The molecule has 0 aliphatic carbocycles. The number of hydrogen-bond donors (Lipinski definition) is 0. The van der Waals surface area contributed by atoms with Crippen molar-refractivity contribution >= 4 is 58.1 Å². The van der Waals surface area contributed by atoms with Gasteiger partial charge in [-0.3, -0.25) is 19.2 Å². The summed E-state index contributed by atoms with van der Waals surface area (Å²) in [6, 6.07) is 0. The van der Waals surface area contributed by atoms with Crippen molar-refractivity contribution in [1.29, 1.82) is 0 Å². The van der Waals surface area contributed by atoms with Crippen LogP contribution in [0.15, 0.2) is 0 Å². The highest BCUT2D eigenvalue weighted by Gasteiger charge is 2.48.